The van der Waals surface area contributed by atoms with Gasteiger partial charge in [0.15, 0.2) is 4.80 Å². The maximum absolute atomic E-state index is 12.6. The Kier molecular flexibility index (Phi) is 7.01. The van der Waals surface area contributed by atoms with E-state index in [-0.39, 0.29) is 12.3 Å². The third-order valence-corrected chi connectivity index (χ3v) is 5.35. The molecule has 5 nitrogen and oxygen atoms in total. The fourth-order valence-corrected chi connectivity index (χ4v) is 4.14. The van der Waals surface area contributed by atoms with Crippen molar-refractivity contribution in [1.82, 2.24) is 4.57 Å². The van der Waals surface area contributed by atoms with Gasteiger partial charge in [0.25, 0.3) is 5.91 Å². The van der Waals surface area contributed by atoms with Crippen LogP contribution in [0.15, 0.2) is 47.5 Å². The van der Waals surface area contributed by atoms with Crippen molar-refractivity contribution < 1.29 is 14.3 Å². The number of aromatic nitrogens is 1. The van der Waals surface area contributed by atoms with Gasteiger partial charge in [0.1, 0.15) is 5.75 Å². The van der Waals surface area contributed by atoms with Gasteiger partial charge in [0, 0.05) is 13.2 Å². The number of hydrogen-bond donors (Lipinski definition) is 0. The fraction of sp³-hybridized carbons (Fsp3) is 0.364. The third-order valence-electron chi connectivity index (χ3n) is 4.31. The first-order chi connectivity index (χ1) is 13.6. The zero-order valence-corrected chi connectivity index (χ0v) is 17.4. The molecule has 0 aliphatic rings. The molecule has 0 atom stereocenters. The summed E-state index contributed by atoms with van der Waals surface area (Å²) in [4.78, 5) is 17.7. The van der Waals surface area contributed by atoms with Crippen molar-refractivity contribution in [2.75, 3.05) is 19.8 Å². The van der Waals surface area contributed by atoms with E-state index in [4.69, 9.17) is 9.47 Å². The number of aryl methyl sites for hydroxylation is 1. The minimum Gasteiger partial charge on any atom is -0.494 e. The van der Waals surface area contributed by atoms with Crippen molar-refractivity contribution in [1.29, 1.82) is 0 Å². The van der Waals surface area contributed by atoms with E-state index in [0.717, 1.165) is 26.3 Å². The average molecular weight is 399 g/mol. The number of ether oxygens (including phenoxy) is 2. The van der Waals surface area contributed by atoms with Gasteiger partial charge in [-0.05, 0) is 56.2 Å². The number of thiazole rings is 1. The standard InChI is InChI=1S/C22H26N2O3S/c1-4-26-13-12-24-19-11-6-16(3)14-20(19)28-22(24)23-21(25)15-17-7-9-18(10-8-17)27-5-2/h6-11,14H,4-5,12-13,15H2,1-3H3. The van der Waals surface area contributed by atoms with Crippen molar-refractivity contribution in [2.24, 2.45) is 4.99 Å². The Morgan fingerprint density at radius 3 is 2.61 bits per heavy atom. The molecule has 6 heteroatoms. The molecule has 0 bridgehead atoms. The molecule has 1 heterocycles. The Hall–Kier alpha value is -2.44. The van der Waals surface area contributed by atoms with Gasteiger partial charge in [0.05, 0.1) is 29.9 Å². The molecule has 0 saturated heterocycles. The van der Waals surface area contributed by atoms with Crippen LogP contribution in [-0.2, 0) is 22.5 Å². The third kappa shape index (κ3) is 5.09. The van der Waals surface area contributed by atoms with Crippen molar-refractivity contribution in [3.05, 3.63) is 58.4 Å². The van der Waals surface area contributed by atoms with Crippen LogP contribution in [0, 0.1) is 6.92 Å². The summed E-state index contributed by atoms with van der Waals surface area (Å²) < 4.78 is 14.2. The first kappa shape index (κ1) is 20.3. The van der Waals surface area contributed by atoms with Crippen molar-refractivity contribution in [2.45, 2.75) is 33.7 Å². The van der Waals surface area contributed by atoms with Crippen LogP contribution < -0.4 is 9.54 Å². The minimum atomic E-state index is -0.155. The van der Waals surface area contributed by atoms with Gasteiger partial charge in [0.2, 0.25) is 0 Å². The number of hydrogen-bond acceptors (Lipinski definition) is 4. The normalized spacial score (nSPS) is 11.9. The highest BCUT2D eigenvalue weighted by atomic mass is 32.1. The van der Waals surface area contributed by atoms with Crippen LogP contribution in [-0.4, -0.2) is 30.3 Å². The number of amides is 1. The van der Waals surface area contributed by atoms with Gasteiger partial charge < -0.3 is 14.0 Å². The first-order valence-corrected chi connectivity index (χ1v) is 10.4. The summed E-state index contributed by atoms with van der Waals surface area (Å²) in [6.45, 7) is 8.56. The number of carbonyl (C=O) groups is 1. The van der Waals surface area contributed by atoms with Gasteiger partial charge in [-0.2, -0.15) is 4.99 Å². The minimum absolute atomic E-state index is 0.155. The molecule has 0 unspecified atom stereocenters. The highest BCUT2D eigenvalue weighted by molar-refractivity contribution is 7.16. The molecular formula is C22H26N2O3S. The summed E-state index contributed by atoms with van der Waals surface area (Å²) in [6, 6.07) is 13.9. The van der Waals surface area contributed by atoms with Crippen LogP contribution in [0.2, 0.25) is 0 Å². The van der Waals surface area contributed by atoms with Crippen molar-refractivity contribution >= 4 is 27.5 Å². The van der Waals surface area contributed by atoms with Gasteiger partial charge in [-0.3, -0.25) is 4.79 Å². The Balaban J connectivity index is 1.86. The van der Waals surface area contributed by atoms with E-state index in [0.29, 0.717) is 26.4 Å². The number of rotatable bonds is 8. The molecule has 1 aromatic heterocycles. The quantitative estimate of drug-likeness (QED) is 0.537. The lowest BCUT2D eigenvalue weighted by Crippen LogP contribution is -2.20. The SMILES string of the molecule is CCOCCn1c(=NC(=O)Cc2ccc(OCC)cc2)sc2cc(C)ccc21. The number of carbonyl (C=O) groups excluding carboxylic acids is 1. The van der Waals surface area contributed by atoms with Crippen LogP contribution in [0.3, 0.4) is 0 Å². The Morgan fingerprint density at radius 1 is 1.11 bits per heavy atom. The zero-order chi connectivity index (χ0) is 19.9. The molecule has 2 aromatic carbocycles. The average Bonchev–Trinajstić information content (AvgIpc) is 3.00. The van der Waals surface area contributed by atoms with Crippen LogP contribution in [0.5, 0.6) is 5.75 Å². The maximum Gasteiger partial charge on any atom is 0.252 e. The molecular weight excluding hydrogens is 372 g/mol. The Morgan fingerprint density at radius 2 is 1.89 bits per heavy atom. The van der Waals surface area contributed by atoms with E-state index < -0.39 is 0 Å². The van der Waals surface area contributed by atoms with Crippen LogP contribution in [0.1, 0.15) is 25.0 Å². The van der Waals surface area contributed by atoms with Crippen molar-refractivity contribution in [3.63, 3.8) is 0 Å². The molecule has 0 spiro atoms. The zero-order valence-electron chi connectivity index (χ0n) is 16.6. The summed E-state index contributed by atoms with van der Waals surface area (Å²) in [6.07, 6.45) is 0.269. The summed E-state index contributed by atoms with van der Waals surface area (Å²) >= 11 is 1.54. The molecule has 3 aromatic rings. The van der Waals surface area contributed by atoms with Crippen LogP contribution in [0.25, 0.3) is 10.2 Å². The molecule has 148 valence electrons. The summed E-state index contributed by atoms with van der Waals surface area (Å²) in [5, 5.41) is 0. The van der Waals surface area contributed by atoms with E-state index in [9.17, 15) is 4.79 Å². The maximum atomic E-state index is 12.6. The second-order valence-electron chi connectivity index (χ2n) is 6.46. The number of nitrogens with zero attached hydrogens (tertiary/aromatic N) is 2. The van der Waals surface area contributed by atoms with E-state index in [1.807, 2.05) is 38.1 Å². The van der Waals surface area contributed by atoms with E-state index in [2.05, 4.69) is 34.7 Å². The van der Waals surface area contributed by atoms with E-state index in [1.54, 1.807) is 11.3 Å². The summed E-state index contributed by atoms with van der Waals surface area (Å²) in [7, 11) is 0. The molecule has 28 heavy (non-hydrogen) atoms. The smallest absolute Gasteiger partial charge is 0.252 e. The molecule has 0 aliphatic carbocycles. The number of fused-ring (bicyclic) bond motifs is 1. The Labute approximate surface area is 169 Å². The van der Waals surface area contributed by atoms with Gasteiger partial charge in [-0.25, -0.2) is 0 Å². The number of benzene rings is 2. The molecule has 0 aliphatic heterocycles. The highest BCUT2D eigenvalue weighted by Gasteiger charge is 2.09. The van der Waals surface area contributed by atoms with E-state index in [1.165, 1.54) is 5.56 Å². The van der Waals surface area contributed by atoms with Gasteiger partial charge >= 0.3 is 0 Å². The highest BCUT2D eigenvalue weighted by Crippen LogP contribution is 2.19. The molecule has 0 saturated carbocycles. The fourth-order valence-electron chi connectivity index (χ4n) is 2.97. The monoisotopic (exact) mass is 398 g/mol. The molecule has 0 N–H and O–H groups in total. The summed E-state index contributed by atoms with van der Waals surface area (Å²) in [5.41, 5.74) is 3.20. The molecule has 0 radical (unpaired) electrons. The Bertz CT molecular complexity index is 1000. The van der Waals surface area contributed by atoms with Gasteiger partial charge in [-0.1, -0.05) is 29.5 Å². The van der Waals surface area contributed by atoms with Crippen LogP contribution >= 0.6 is 11.3 Å². The summed E-state index contributed by atoms with van der Waals surface area (Å²) in [5.74, 6) is 0.655. The molecule has 1 amide bonds. The molecule has 0 fully saturated rings. The predicted molar refractivity (Wildman–Crippen MR) is 113 cm³/mol. The second kappa shape index (κ2) is 9.66. The second-order valence-corrected chi connectivity index (χ2v) is 7.47. The van der Waals surface area contributed by atoms with Gasteiger partial charge in [-0.15, -0.1) is 0 Å². The topological polar surface area (TPSA) is 52.8 Å². The van der Waals surface area contributed by atoms with Crippen LogP contribution in [0.4, 0.5) is 0 Å². The predicted octanol–water partition coefficient (Wildman–Crippen LogP) is 4.12. The molecule has 3 rings (SSSR count). The lowest BCUT2D eigenvalue weighted by atomic mass is 10.1. The first-order valence-electron chi connectivity index (χ1n) is 9.57. The van der Waals surface area contributed by atoms with E-state index >= 15 is 0 Å². The lowest BCUT2D eigenvalue weighted by Gasteiger charge is -2.06. The largest absolute Gasteiger partial charge is 0.494 e. The lowest BCUT2D eigenvalue weighted by molar-refractivity contribution is -0.117. The van der Waals surface area contributed by atoms with Crippen molar-refractivity contribution in [3.8, 4) is 5.75 Å².